The van der Waals surface area contributed by atoms with Crippen molar-refractivity contribution in [1.29, 1.82) is 0 Å². The van der Waals surface area contributed by atoms with Crippen LogP contribution in [-0.4, -0.2) is 17.6 Å². The van der Waals surface area contributed by atoms with Crippen LogP contribution in [-0.2, 0) is 6.54 Å². The molecule has 0 unspecified atom stereocenters. The molecule has 7 heteroatoms. The number of rotatable bonds is 4. The minimum atomic E-state index is -0.385. The average molecular weight is 393 g/mol. The summed E-state index contributed by atoms with van der Waals surface area (Å²) in [5.41, 5.74) is 1.18. The summed E-state index contributed by atoms with van der Waals surface area (Å²) in [6, 6.07) is 10.4. The summed E-state index contributed by atoms with van der Waals surface area (Å²) in [6.07, 6.45) is 1.73. The summed E-state index contributed by atoms with van der Waals surface area (Å²) in [4.78, 5) is 17.4. The van der Waals surface area contributed by atoms with Crippen molar-refractivity contribution in [2.24, 2.45) is 4.99 Å². The molecule has 0 atom stereocenters. The number of aromatic nitrogens is 1. The third-order valence-corrected chi connectivity index (χ3v) is 5.07. The molecule has 25 heavy (non-hydrogen) atoms. The average Bonchev–Trinajstić information content (AvgIpc) is 2.92. The van der Waals surface area contributed by atoms with Crippen LogP contribution in [0.3, 0.4) is 0 Å². The molecule has 1 amide bonds. The molecule has 0 saturated carbocycles. The van der Waals surface area contributed by atoms with Crippen LogP contribution in [0.4, 0.5) is 0 Å². The van der Waals surface area contributed by atoms with Crippen LogP contribution in [0.5, 0.6) is 5.75 Å². The number of halogens is 2. The van der Waals surface area contributed by atoms with Gasteiger partial charge < -0.3 is 9.30 Å². The molecule has 1 aromatic heterocycles. The van der Waals surface area contributed by atoms with Crippen molar-refractivity contribution >= 4 is 50.7 Å². The van der Waals surface area contributed by atoms with E-state index in [0.29, 0.717) is 32.7 Å². The largest absolute Gasteiger partial charge is 0.496 e. The predicted octanol–water partition coefficient (Wildman–Crippen LogP) is 4.95. The number of hydrogen-bond donors (Lipinski definition) is 0. The Balaban J connectivity index is 2.22. The molecule has 3 aromatic rings. The first-order valence-corrected chi connectivity index (χ1v) is 8.93. The molecule has 0 N–H and O–H groups in total. The number of carbonyl (C=O) groups is 1. The van der Waals surface area contributed by atoms with Gasteiger partial charge in [-0.2, -0.15) is 4.99 Å². The van der Waals surface area contributed by atoms with Gasteiger partial charge in [0.05, 0.1) is 27.9 Å². The maximum Gasteiger partial charge on any atom is 0.283 e. The Kier molecular flexibility index (Phi) is 5.27. The standard InChI is InChI=1S/C18H14Cl2N2O2S/c1-3-8-22-16-13(20)9-11(19)10-15(16)25-18(22)21-17(23)12-6-4-5-7-14(12)24-2/h3-7,9-10H,1,8H2,2H3. The fourth-order valence-corrected chi connectivity index (χ4v) is 4.30. The van der Waals surface area contributed by atoms with Gasteiger partial charge in [0.15, 0.2) is 4.80 Å². The number of fused-ring (bicyclic) bond motifs is 1. The Morgan fingerprint density at radius 1 is 1.36 bits per heavy atom. The second kappa shape index (κ2) is 7.44. The highest BCUT2D eigenvalue weighted by atomic mass is 35.5. The highest BCUT2D eigenvalue weighted by molar-refractivity contribution is 7.16. The van der Waals surface area contributed by atoms with Gasteiger partial charge in [0.25, 0.3) is 5.91 Å². The second-order valence-corrected chi connectivity index (χ2v) is 6.99. The van der Waals surface area contributed by atoms with Crippen molar-refractivity contribution < 1.29 is 9.53 Å². The van der Waals surface area contributed by atoms with Crippen LogP contribution in [0.1, 0.15) is 10.4 Å². The molecule has 0 fully saturated rings. The summed E-state index contributed by atoms with van der Waals surface area (Å²) >= 11 is 13.8. The Morgan fingerprint density at radius 2 is 2.12 bits per heavy atom. The number of benzene rings is 2. The smallest absolute Gasteiger partial charge is 0.283 e. The highest BCUT2D eigenvalue weighted by Gasteiger charge is 2.14. The van der Waals surface area contributed by atoms with E-state index in [-0.39, 0.29) is 5.91 Å². The number of amides is 1. The van der Waals surface area contributed by atoms with E-state index in [1.807, 2.05) is 4.57 Å². The highest BCUT2D eigenvalue weighted by Crippen LogP contribution is 2.30. The molecule has 3 rings (SSSR count). The molecule has 0 aliphatic heterocycles. The van der Waals surface area contributed by atoms with Crippen LogP contribution < -0.4 is 9.54 Å². The zero-order valence-electron chi connectivity index (χ0n) is 13.3. The van der Waals surface area contributed by atoms with Gasteiger partial charge in [-0.1, -0.05) is 52.7 Å². The normalized spacial score (nSPS) is 11.7. The zero-order chi connectivity index (χ0) is 18.0. The molecule has 2 aromatic carbocycles. The van der Waals surface area contributed by atoms with Crippen LogP contribution >= 0.6 is 34.5 Å². The number of nitrogens with zero attached hydrogens (tertiary/aromatic N) is 2. The van der Waals surface area contributed by atoms with Crippen molar-refractivity contribution in [3.63, 3.8) is 0 Å². The minimum absolute atomic E-state index is 0.385. The number of carbonyl (C=O) groups excluding carboxylic acids is 1. The molecular weight excluding hydrogens is 379 g/mol. The van der Waals surface area contributed by atoms with Gasteiger partial charge in [-0.3, -0.25) is 4.79 Å². The topological polar surface area (TPSA) is 43.6 Å². The third-order valence-electron chi connectivity index (χ3n) is 3.54. The number of thiazole rings is 1. The molecule has 0 radical (unpaired) electrons. The van der Waals surface area contributed by atoms with Gasteiger partial charge in [-0.05, 0) is 24.3 Å². The van der Waals surface area contributed by atoms with Crippen LogP contribution in [0, 0.1) is 0 Å². The monoisotopic (exact) mass is 392 g/mol. The summed E-state index contributed by atoms with van der Waals surface area (Å²) in [5.74, 6) is 0.0951. The molecule has 0 saturated heterocycles. The zero-order valence-corrected chi connectivity index (χ0v) is 15.7. The van der Waals surface area contributed by atoms with E-state index in [1.54, 1.807) is 42.5 Å². The lowest BCUT2D eigenvalue weighted by molar-refractivity contribution is 0.0995. The summed E-state index contributed by atoms with van der Waals surface area (Å²) in [5, 5.41) is 1.04. The molecule has 0 aliphatic rings. The number of allylic oxidation sites excluding steroid dienone is 1. The van der Waals surface area contributed by atoms with Crippen molar-refractivity contribution in [3.05, 3.63) is 69.5 Å². The quantitative estimate of drug-likeness (QED) is 0.589. The molecular formula is C18H14Cl2N2O2S. The van der Waals surface area contributed by atoms with E-state index in [4.69, 9.17) is 27.9 Å². The third kappa shape index (κ3) is 3.49. The first kappa shape index (κ1) is 17.7. The first-order valence-electron chi connectivity index (χ1n) is 7.36. The molecule has 4 nitrogen and oxygen atoms in total. The van der Waals surface area contributed by atoms with Gasteiger partial charge >= 0.3 is 0 Å². The molecule has 0 aliphatic carbocycles. The van der Waals surface area contributed by atoms with Crippen molar-refractivity contribution in [2.75, 3.05) is 7.11 Å². The molecule has 128 valence electrons. The van der Waals surface area contributed by atoms with Gasteiger partial charge in [-0.25, -0.2) is 0 Å². The van der Waals surface area contributed by atoms with Crippen molar-refractivity contribution in [3.8, 4) is 5.75 Å². The molecule has 1 heterocycles. The van der Waals surface area contributed by atoms with E-state index in [2.05, 4.69) is 11.6 Å². The van der Waals surface area contributed by atoms with E-state index in [0.717, 1.165) is 10.2 Å². The lowest BCUT2D eigenvalue weighted by atomic mass is 10.2. The van der Waals surface area contributed by atoms with Crippen molar-refractivity contribution in [1.82, 2.24) is 4.57 Å². The predicted molar refractivity (Wildman–Crippen MR) is 103 cm³/mol. The number of methoxy groups -OCH3 is 1. The van der Waals surface area contributed by atoms with Crippen LogP contribution in [0.15, 0.2) is 54.0 Å². The van der Waals surface area contributed by atoms with E-state index >= 15 is 0 Å². The molecule has 0 spiro atoms. The SMILES string of the molecule is C=CCn1c(=NC(=O)c2ccccc2OC)sc2cc(Cl)cc(Cl)c21. The number of ether oxygens (including phenoxy) is 1. The fraction of sp³-hybridized carbons (Fsp3) is 0.111. The maximum atomic E-state index is 12.6. The number of hydrogen-bond acceptors (Lipinski definition) is 3. The Morgan fingerprint density at radius 3 is 2.84 bits per heavy atom. The van der Waals surface area contributed by atoms with Crippen molar-refractivity contribution in [2.45, 2.75) is 6.54 Å². The Bertz CT molecular complexity index is 1040. The molecule has 0 bridgehead atoms. The fourth-order valence-electron chi connectivity index (χ4n) is 2.48. The summed E-state index contributed by atoms with van der Waals surface area (Å²) in [6.45, 7) is 4.24. The van der Waals surface area contributed by atoms with E-state index in [9.17, 15) is 4.79 Å². The van der Waals surface area contributed by atoms with E-state index < -0.39 is 0 Å². The number of para-hydroxylation sites is 1. The van der Waals surface area contributed by atoms with Gasteiger partial charge in [0, 0.05) is 11.6 Å². The van der Waals surface area contributed by atoms with Gasteiger partial charge in [0.2, 0.25) is 0 Å². The van der Waals surface area contributed by atoms with Crippen LogP contribution in [0.25, 0.3) is 10.2 Å². The summed E-state index contributed by atoms with van der Waals surface area (Å²) < 4.78 is 7.94. The van der Waals surface area contributed by atoms with E-state index in [1.165, 1.54) is 18.4 Å². The Labute approximate surface area is 158 Å². The first-order chi connectivity index (χ1) is 12.0. The maximum absolute atomic E-state index is 12.6. The van der Waals surface area contributed by atoms with Crippen LogP contribution in [0.2, 0.25) is 10.0 Å². The lowest BCUT2D eigenvalue weighted by Crippen LogP contribution is -2.16. The Hall–Kier alpha value is -2.08. The lowest BCUT2D eigenvalue weighted by Gasteiger charge is -2.05. The van der Waals surface area contributed by atoms with Gasteiger partial charge in [0.1, 0.15) is 5.75 Å². The minimum Gasteiger partial charge on any atom is -0.496 e. The second-order valence-electron chi connectivity index (χ2n) is 5.14. The summed E-state index contributed by atoms with van der Waals surface area (Å²) in [7, 11) is 1.52. The van der Waals surface area contributed by atoms with Gasteiger partial charge in [-0.15, -0.1) is 6.58 Å².